The molecule has 0 radical (unpaired) electrons. The largest absolute Gasteiger partial charge is 0.424 e. The molecule has 2 rings (SSSR count). The maximum Gasteiger partial charge on any atom is 0.311 e. The number of nitrogens with one attached hydrogen (secondary N) is 1. The van der Waals surface area contributed by atoms with E-state index in [0.717, 1.165) is 24.1 Å². The number of esters is 1. The van der Waals surface area contributed by atoms with E-state index in [1.807, 2.05) is 13.8 Å². The Hall–Kier alpha value is -2.41. The van der Waals surface area contributed by atoms with Crippen LogP contribution in [0.3, 0.4) is 0 Å². The Kier molecular flexibility index (Phi) is 6.31. The van der Waals surface area contributed by atoms with Gasteiger partial charge in [-0.25, -0.2) is 4.98 Å². The maximum atomic E-state index is 12.2. The molecule has 1 aromatic carbocycles. The lowest BCUT2D eigenvalue weighted by molar-refractivity contribution is -0.134. The van der Waals surface area contributed by atoms with E-state index in [1.165, 1.54) is 23.5 Å². The molecule has 1 aromatic heterocycles. The summed E-state index contributed by atoms with van der Waals surface area (Å²) in [6.45, 7) is 4.03. The first-order valence-corrected chi connectivity index (χ1v) is 8.71. The summed E-state index contributed by atoms with van der Waals surface area (Å²) in [6, 6.07) is 4.60. The molecule has 1 heterocycles. The number of hydrogen-bond donors (Lipinski definition) is 2. The van der Waals surface area contributed by atoms with Crippen molar-refractivity contribution in [3.8, 4) is 5.75 Å². The molecule has 0 saturated heterocycles. The number of anilines is 2. The zero-order valence-electron chi connectivity index (χ0n) is 13.8. The van der Waals surface area contributed by atoms with Gasteiger partial charge in [-0.15, -0.1) is 11.3 Å². The van der Waals surface area contributed by atoms with Crippen molar-refractivity contribution in [2.24, 2.45) is 0 Å². The summed E-state index contributed by atoms with van der Waals surface area (Å²) in [5, 5.41) is 3.28. The lowest BCUT2D eigenvalue weighted by Crippen LogP contribution is -2.13. The fourth-order valence-corrected chi connectivity index (χ4v) is 2.72. The molecule has 6 nitrogen and oxygen atoms in total. The fourth-order valence-electron chi connectivity index (χ4n) is 1.98. The predicted octanol–water partition coefficient (Wildman–Crippen LogP) is 3.64. The average Bonchev–Trinajstić information content (AvgIpc) is 3.02. The third kappa shape index (κ3) is 4.79. The molecular formula is C17H21N3O3S. The second-order valence-corrected chi connectivity index (χ2v) is 6.38. The number of nitrogens with two attached hydrogens (primary N) is 1. The van der Waals surface area contributed by atoms with Crippen molar-refractivity contribution >= 4 is 34.0 Å². The summed E-state index contributed by atoms with van der Waals surface area (Å²) in [6.07, 6.45) is 4.65. The average molecular weight is 347 g/mol. The Morgan fingerprint density at radius 1 is 1.33 bits per heavy atom. The van der Waals surface area contributed by atoms with E-state index in [1.54, 1.807) is 12.3 Å². The van der Waals surface area contributed by atoms with Crippen LogP contribution >= 0.6 is 11.3 Å². The van der Waals surface area contributed by atoms with Crippen LogP contribution in [-0.2, 0) is 11.2 Å². The Bertz CT molecular complexity index is 728. The van der Waals surface area contributed by atoms with Crippen LogP contribution in [0.1, 0.15) is 48.3 Å². The number of aromatic nitrogens is 1. The van der Waals surface area contributed by atoms with E-state index in [-0.39, 0.29) is 23.3 Å². The summed E-state index contributed by atoms with van der Waals surface area (Å²) in [4.78, 5) is 29.1. The minimum absolute atomic E-state index is 0.251. The number of benzene rings is 1. The smallest absolute Gasteiger partial charge is 0.311 e. The van der Waals surface area contributed by atoms with E-state index in [2.05, 4.69) is 10.3 Å². The molecule has 0 unspecified atom stereocenters. The van der Waals surface area contributed by atoms with Gasteiger partial charge < -0.3 is 10.5 Å². The molecule has 24 heavy (non-hydrogen) atoms. The third-order valence-electron chi connectivity index (χ3n) is 3.35. The first kappa shape index (κ1) is 17.9. The summed E-state index contributed by atoms with van der Waals surface area (Å²) >= 11 is 1.44. The molecular weight excluding hydrogens is 326 g/mol. The van der Waals surface area contributed by atoms with E-state index >= 15 is 0 Å². The van der Waals surface area contributed by atoms with E-state index in [9.17, 15) is 9.59 Å². The van der Waals surface area contributed by atoms with Gasteiger partial charge in [-0.2, -0.15) is 0 Å². The van der Waals surface area contributed by atoms with Gasteiger partial charge in [0.1, 0.15) is 0 Å². The van der Waals surface area contributed by atoms with Gasteiger partial charge in [0.05, 0.1) is 5.69 Å². The van der Waals surface area contributed by atoms with Crippen molar-refractivity contribution < 1.29 is 14.3 Å². The minimum Gasteiger partial charge on any atom is -0.424 e. The van der Waals surface area contributed by atoms with Crippen LogP contribution in [0, 0.1) is 0 Å². The number of nitrogen functional groups attached to an aromatic ring is 1. The molecule has 0 saturated carbocycles. The van der Waals surface area contributed by atoms with E-state index in [0.29, 0.717) is 17.1 Å². The molecule has 0 bridgehead atoms. The number of amides is 1. The van der Waals surface area contributed by atoms with E-state index in [4.69, 9.17) is 10.5 Å². The lowest BCUT2D eigenvalue weighted by atomic mass is 10.1. The highest BCUT2D eigenvalue weighted by Crippen LogP contribution is 2.24. The molecule has 0 aliphatic heterocycles. The second kappa shape index (κ2) is 8.44. The molecule has 128 valence electrons. The Labute approximate surface area is 145 Å². The van der Waals surface area contributed by atoms with Crippen molar-refractivity contribution in [3.63, 3.8) is 0 Å². The van der Waals surface area contributed by atoms with Crippen LogP contribution in [0.25, 0.3) is 0 Å². The van der Waals surface area contributed by atoms with Crippen LogP contribution in [0.4, 0.5) is 10.8 Å². The zero-order valence-corrected chi connectivity index (χ0v) is 14.6. The molecule has 0 fully saturated rings. The van der Waals surface area contributed by atoms with Gasteiger partial charge in [0.25, 0.3) is 5.91 Å². The number of nitrogens with zero attached hydrogens (tertiary/aromatic N) is 1. The number of ether oxygens (including phenoxy) is 1. The highest BCUT2D eigenvalue weighted by Gasteiger charge is 2.13. The van der Waals surface area contributed by atoms with Crippen LogP contribution in [0.15, 0.2) is 24.4 Å². The Morgan fingerprint density at radius 3 is 2.75 bits per heavy atom. The number of rotatable bonds is 7. The zero-order chi connectivity index (χ0) is 17.5. The number of carbonyl (C=O) groups excluding carboxylic acids is 2. The first-order chi connectivity index (χ1) is 11.5. The van der Waals surface area contributed by atoms with Crippen molar-refractivity contribution in [2.75, 3.05) is 11.1 Å². The number of thiazole rings is 1. The maximum absolute atomic E-state index is 12.2. The third-order valence-corrected chi connectivity index (χ3v) is 4.41. The molecule has 0 aliphatic rings. The van der Waals surface area contributed by atoms with Gasteiger partial charge in [-0.05, 0) is 31.0 Å². The number of hydrogen-bond acceptors (Lipinski definition) is 6. The molecule has 1 amide bonds. The van der Waals surface area contributed by atoms with Crippen molar-refractivity contribution in [1.29, 1.82) is 0 Å². The summed E-state index contributed by atoms with van der Waals surface area (Å²) in [5.74, 6) is -0.353. The number of unbranched alkanes of at least 4 members (excludes halogenated alkanes) is 1. The van der Waals surface area contributed by atoms with Crippen LogP contribution < -0.4 is 15.8 Å². The molecule has 0 spiro atoms. The highest BCUT2D eigenvalue weighted by molar-refractivity contribution is 7.15. The van der Waals surface area contributed by atoms with Gasteiger partial charge in [-0.1, -0.05) is 20.3 Å². The topological polar surface area (TPSA) is 94.3 Å². The number of aryl methyl sites for hydroxylation is 1. The monoisotopic (exact) mass is 347 g/mol. The lowest BCUT2D eigenvalue weighted by Gasteiger charge is -2.09. The molecule has 7 heteroatoms. The standard InChI is InChI=1S/C17H21N3O3S/c1-3-5-6-15(21)23-14-8-7-11(9-13(14)18)16(22)20-17-19-10-12(4-2)24-17/h7-10H,3-6,18H2,1-2H3,(H,19,20,22). The van der Waals surface area contributed by atoms with Gasteiger partial charge in [0.15, 0.2) is 10.9 Å². The Balaban J connectivity index is 2.02. The van der Waals surface area contributed by atoms with Gasteiger partial charge in [0, 0.05) is 23.1 Å². The molecule has 2 aromatic rings. The normalized spacial score (nSPS) is 10.4. The van der Waals surface area contributed by atoms with Crippen LogP contribution in [-0.4, -0.2) is 16.9 Å². The summed E-state index contributed by atoms with van der Waals surface area (Å²) in [5.41, 5.74) is 6.52. The van der Waals surface area contributed by atoms with Crippen LogP contribution in [0.5, 0.6) is 5.75 Å². The molecule has 3 N–H and O–H groups in total. The second-order valence-electron chi connectivity index (χ2n) is 5.27. The van der Waals surface area contributed by atoms with Gasteiger partial charge >= 0.3 is 5.97 Å². The Morgan fingerprint density at radius 2 is 2.12 bits per heavy atom. The van der Waals surface area contributed by atoms with E-state index < -0.39 is 0 Å². The van der Waals surface area contributed by atoms with Crippen molar-refractivity contribution in [3.05, 3.63) is 34.8 Å². The molecule has 0 aliphatic carbocycles. The van der Waals surface area contributed by atoms with Crippen LogP contribution in [0.2, 0.25) is 0 Å². The SMILES string of the molecule is CCCCC(=O)Oc1ccc(C(=O)Nc2ncc(CC)s2)cc1N. The highest BCUT2D eigenvalue weighted by atomic mass is 32.1. The van der Waals surface area contributed by atoms with Gasteiger partial charge in [-0.3, -0.25) is 14.9 Å². The molecule has 0 atom stereocenters. The summed E-state index contributed by atoms with van der Waals surface area (Å²) < 4.78 is 5.21. The van der Waals surface area contributed by atoms with Gasteiger partial charge in [0.2, 0.25) is 0 Å². The van der Waals surface area contributed by atoms with Crippen molar-refractivity contribution in [2.45, 2.75) is 39.5 Å². The first-order valence-electron chi connectivity index (χ1n) is 7.89. The number of carbonyl (C=O) groups is 2. The summed E-state index contributed by atoms with van der Waals surface area (Å²) in [7, 11) is 0. The predicted molar refractivity (Wildman–Crippen MR) is 95.5 cm³/mol. The fraction of sp³-hybridized carbons (Fsp3) is 0.353. The quantitative estimate of drug-likeness (QED) is 0.453. The van der Waals surface area contributed by atoms with Crippen molar-refractivity contribution in [1.82, 2.24) is 4.98 Å². The minimum atomic E-state index is -0.323.